The van der Waals surface area contributed by atoms with E-state index in [1.807, 2.05) is 0 Å². The Bertz CT molecular complexity index is 1050. The summed E-state index contributed by atoms with van der Waals surface area (Å²) in [5, 5.41) is 5.29. The van der Waals surface area contributed by atoms with Crippen LogP contribution >= 0.6 is 15.9 Å². The maximum absolute atomic E-state index is 12.4. The zero-order valence-electron chi connectivity index (χ0n) is 15.1. The number of hydrogen-bond acceptors (Lipinski definition) is 4. The highest BCUT2D eigenvalue weighted by molar-refractivity contribution is 9.10. The van der Waals surface area contributed by atoms with E-state index < -0.39 is 18.2 Å². The number of hydrogen-bond donors (Lipinski definition) is 2. The lowest BCUT2D eigenvalue weighted by atomic mass is 10.1. The van der Waals surface area contributed by atoms with Gasteiger partial charge in [-0.15, -0.1) is 13.2 Å². The van der Waals surface area contributed by atoms with E-state index in [4.69, 9.17) is 4.42 Å². The number of rotatable bonds is 6. The van der Waals surface area contributed by atoms with Crippen molar-refractivity contribution in [2.24, 2.45) is 0 Å². The summed E-state index contributed by atoms with van der Waals surface area (Å²) in [7, 11) is 0. The van der Waals surface area contributed by atoms with Crippen molar-refractivity contribution < 1.29 is 31.9 Å². The van der Waals surface area contributed by atoms with Crippen LogP contribution in [0.5, 0.6) is 5.75 Å². The van der Waals surface area contributed by atoms with Crippen LogP contribution in [0, 0.1) is 0 Å². The van der Waals surface area contributed by atoms with Crippen LogP contribution < -0.4 is 15.4 Å². The van der Waals surface area contributed by atoms with Gasteiger partial charge in [-0.3, -0.25) is 9.59 Å². The van der Waals surface area contributed by atoms with Gasteiger partial charge in [0.25, 0.3) is 11.8 Å². The Morgan fingerprint density at radius 1 is 1.00 bits per heavy atom. The number of carbonyl (C=O) groups is 2. The summed E-state index contributed by atoms with van der Waals surface area (Å²) in [4.78, 5) is 24.5. The van der Waals surface area contributed by atoms with Crippen LogP contribution in [0.15, 0.2) is 69.8 Å². The third-order valence-corrected chi connectivity index (χ3v) is 4.22. The number of halogens is 4. The molecule has 0 unspecified atom stereocenters. The minimum Gasteiger partial charge on any atom is -0.444 e. The van der Waals surface area contributed by atoms with Gasteiger partial charge in [0, 0.05) is 17.8 Å². The molecule has 10 heteroatoms. The molecule has 1 aromatic heterocycles. The van der Waals surface area contributed by atoms with Crippen LogP contribution in [0.3, 0.4) is 0 Å². The van der Waals surface area contributed by atoms with Crippen molar-refractivity contribution in [2.45, 2.75) is 12.9 Å². The Kier molecular flexibility index (Phi) is 6.46. The van der Waals surface area contributed by atoms with Crippen molar-refractivity contribution in [3.05, 3.63) is 82.2 Å². The predicted molar refractivity (Wildman–Crippen MR) is 105 cm³/mol. The Hall–Kier alpha value is -3.27. The molecule has 1 heterocycles. The summed E-state index contributed by atoms with van der Waals surface area (Å²) >= 11 is 3.11. The maximum atomic E-state index is 12.4. The summed E-state index contributed by atoms with van der Waals surface area (Å²) in [5.74, 6) is -1.12. The summed E-state index contributed by atoms with van der Waals surface area (Å²) in [5.41, 5.74) is 1.28. The molecule has 30 heavy (non-hydrogen) atoms. The molecule has 0 fully saturated rings. The van der Waals surface area contributed by atoms with Gasteiger partial charge in [0.2, 0.25) is 0 Å². The number of alkyl halides is 3. The fourth-order valence-corrected chi connectivity index (χ4v) is 2.77. The highest BCUT2D eigenvalue weighted by atomic mass is 79.9. The number of nitrogens with one attached hydrogen (secondary N) is 2. The number of furan rings is 1. The smallest absolute Gasteiger partial charge is 0.444 e. The highest BCUT2D eigenvalue weighted by Crippen LogP contribution is 2.23. The Morgan fingerprint density at radius 2 is 1.73 bits per heavy atom. The third kappa shape index (κ3) is 6.11. The molecule has 0 atom stereocenters. The number of ether oxygens (including phenoxy) is 1. The van der Waals surface area contributed by atoms with Gasteiger partial charge in [0.05, 0.1) is 0 Å². The topological polar surface area (TPSA) is 80.6 Å². The van der Waals surface area contributed by atoms with Crippen molar-refractivity contribution in [1.29, 1.82) is 0 Å². The van der Waals surface area contributed by atoms with Crippen molar-refractivity contribution in [3.8, 4) is 5.75 Å². The molecular weight excluding hydrogens is 469 g/mol. The van der Waals surface area contributed by atoms with Gasteiger partial charge in [0.1, 0.15) is 5.75 Å². The van der Waals surface area contributed by atoms with Crippen LogP contribution in [-0.2, 0) is 6.54 Å². The van der Waals surface area contributed by atoms with Gasteiger partial charge in [0.15, 0.2) is 10.4 Å². The Balaban J connectivity index is 1.58. The molecule has 156 valence electrons. The first kappa shape index (κ1) is 21.4. The Morgan fingerprint density at radius 3 is 2.37 bits per heavy atom. The summed E-state index contributed by atoms with van der Waals surface area (Å²) < 4.78 is 45.9. The fourth-order valence-electron chi connectivity index (χ4n) is 2.46. The molecule has 2 amide bonds. The minimum absolute atomic E-state index is 0.0993. The molecular formula is C20H14BrF3N2O4. The van der Waals surface area contributed by atoms with E-state index in [0.717, 1.165) is 12.1 Å². The van der Waals surface area contributed by atoms with E-state index in [9.17, 15) is 22.8 Å². The molecule has 0 aliphatic heterocycles. The molecule has 0 bridgehead atoms. The van der Waals surface area contributed by atoms with Crippen LogP contribution in [-0.4, -0.2) is 18.2 Å². The Labute approximate surface area is 177 Å². The number of benzene rings is 2. The van der Waals surface area contributed by atoms with Gasteiger partial charge in [-0.25, -0.2) is 0 Å². The molecule has 0 radical (unpaired) electrons. The van der Waals surface area contributed by atoms with Gasteiger partial charge in [-0.2, -0.15) is 0 Å². The molecule has 0 aliphatic carbocycles. The van der Waals surface area contributed by atoms with Crippen LogP contribution in [0.4, 0.5) is 18.9 Å². The molecule has 2 N–H and O–H groups in total. The molecule has 6 nitrogen and oxygen atoms in total. The van der Waals surface area contributed by atoms with Crippen LogP contribution in [0.25, 0.3) is 0 Å². The lowest BCUT2D eigenvalue weighted by molar-refractivity contribution is -0.274. The van der Waals surface area contributed by atoms with Crippen LogP contribution in [0.2, 0.25) is 0 Å². The van der Waals surface area contributed by atoms with Crippen molar-refractivity contribution in [3.63, 3.8) is 0 Å². The predicted octanol–water partition coefficient (Wildman–Crippen LogP) is 5.12. The number of carbonyl (C=O) groups excluding carboxylic acids is 2. The zero-order valence-corrected chi connectivity index (χ0v) is 16.7. The number of anilines is 1. The average Bonchev–Trinajstić information content (AvgIpc) is 3.13. The first-order valence-electron chi connectivity index (χ1n) is 8.49. The molecule has 0 aliphatic rings. The lowest BCUT2D eigenvalue weighted by Crippen LogP contribution is -2.23. The molecule has 3 aromatic rings. The normalized spacial score (nSPS) is 11.1. The second kappa shape index (κ2) is 9.04. The molecule has 0 saturated heterocycles. The van der Waals surface area contributed by atoms with Gasteiger partial charge in [-0.05, 0) is 64.0 Å². The minimum atomic E-state index is -4.76. The maximum Gasteiger partial charge on any atom is 0.573 e. The molecule has 3 rings (SSSR count). The van der Waals surface area contributed by atoms with Crippen LogP contribution in [0.1, 0.15) is 26.5 Å². The van der Waals surface area contributed by atoms with Gasteiger partial charge >= 0.3 is 6.36 Å². The second-order valence-electron chi connectivity index (χ2n) is 6.01. The summed E-state index contributed by atoms with van der Waals surface area (Å²) in [6.45, 7) is 0.0993. The SMILES string of the molecule is O=C(NCc1ccc(OC(F)(F)F)cc1)c1cccc(NC(=O)c2ccc(Br)o2)c1. The van der Waals surface area contributed by atoms with E-state index >= 15 is 0 Å². The first-order valence-corrected chi connectivity index (χ1v) is 9.28. The van der Waals surface area contributed by atoms with Gasteiger partial charge in [-0.1, -0.05) is 18.2 Å². The fraction of sp³-hybridized carbons (Fsp3) is 0.100. The quantitative estimate of drug-likeness (QED) is 0.510. The summed E-state index contributed by atoms with van der Waals surface area (Å²) in [6.07, 6.45) is -4.76. The van der Waals surface area contributed by atoms with E-state index in [0.29, 0.717) is 21.5 Å². The van der Waals surface area contributed by atoms with Crippen molar-refractivity contribution >= 4 is 33.4 Å². The standard InChI is InChI=1S/C20H14BrF3N2O4/c21-17-9-8-16(29-17)19(28)26-14-3-1-2-13(10-14)18(27)25-11-12-4-6-15(7-5-12)30-20(22,23)24/h1-10H,11H2,(H,25,27)(H,26,28). The first-order chi connectivity index (χ1) is 14.2. The van der Waals surface area contributed by atoms with Crippen molar-refractivity contribution in [2.75, 3.05) is 5.32 Å². The average molecular weight is 483 g/mol. The monoisotopic (exact) mass is 482 g/mol. The zero-order chi connectivity index (χ0) is 21.7. The third-order valence-electron chi connectivity index (χ3n) is 3.79. The van der Waals surface area contributed by atoms with E-state index in [1.165, 1.54) is 24.3 Å². The summed E-state index contributed by atoms with van der Waals surface area (Å²) in [6, 6.07) is 14.5. The lowest BCUT2D eigenvalue weighted by Gasteiger charge is -2.10. The van der Waals surface area contributed by atoms with E-state index in [-0.39, 0.29) is 18.1 Å². The highest BCUT2D eigenvalue weighted by Gasteiger charge is 2.30. The largest absolute Gasteiger partial charge is 0.573 e. The molecule has 2 aromatic carbocycles. The van der Waals surface area contributed by atoms with Crippen molar-refractivity contribution in [1.82, 2.24) is 5.32 Å². The van der Waals surface area contributed by atoms with Gasteiger partial charge < -0.3 is 19.8 Å². The number of amides is 2. The van der Waals surface area contributed by atoms with E-state index in [2.05, 4.69) is 31.3 Å². The van der Waals surface area contributed by atoms with E-state index in [1.54, 1.807) is 24.3 Å². The molecule has 0 spiro atoms. The molecule has 0 saturated carbocycles. The second-order valence-corrected chi connectivity index (χ2v) is 6.79.